The van der Waals surface area contributed by atoms with Crippen LogP contribution in [0.2, 0.25) is 0 Å². The first-order valence-electron chi connectivity index (χ1n) is 10.8. The van der Waals surface area contributed by atoms with Gasteiger partial charge in [-0.25, -0.2) is 18.6 Å². The number of rotatable bonds is 5. The van der Waals surface area contributed by atoms with Gasteiger partial charge in [-0.3, -0.25) is 0 Å². The summed E-state index contributed by atoms with van der Waals surface area (Å²) in [5.74, 6) is -0.640. The van der Waals surface area contributed by atoms with E-state index in [1.165, 1.54) is 6.07 Å². The van der Waals surface area contributed by atoms with Gasteiger partial charge >= 0.3 is 6.03 Å². The van der Waals surface area contributed by atoms with Crippen LogP contribution in [0.1, 0.15) is 25.7 Å². The molecule has 1 saturated carbocycles. The molecular formula is C24H27F2N5O. The second-order valence-corrected chi connectivity index (χ2v) is 8.35. The second kappa shape index (κ2) is 9.38. The van der Waals surface area contributed by atoms with Crippen molar-refractivity contribution >= 4 is 34.1 Å². The Kier molecular flexibility index (Phi) is 6.39. The van der Waals surface area contributed by atoms with Crippen LogP contribution in [0.4, 0.5) is 30.8 Å². The van der Waals surface area contributed by atoms with E-state index in [-0.39, 0.29) is 17.8 Å². The number of aromatic nitrogens is 1. The minimum Gasteiger partial charge on any atom is -0.377 e. The zero-order chi connectivity index (χ0) is 22.7. The lowest BCUT2D eigenvalue weighted by Crippen LogP contribution is -2.42. The summed E-state index contributed by atoms with van der Waals surface area (Å²) in [5, 5.41) is 9.98. The number of urea groups is 1. The first-order chi connectivity index (χ1) is 15.4. The van der Waals surface area contributed by atoms with Crippen molar-refractivity contribution in [2.24, 2.45) is 0 Å². The van der Waals surface area contributed by atoms with E-state index < -0.39 is 17.7 Å². The van der Waals surface area contributed by atoms with E-state index in [9.17, 15) is 13.6 Å². The van der Waals surface area contributed by atoms with Gasteiger partial charge in [0.25, 0.3) is 0 Å². The summed E-state index contributed by atoms with van der Waals surface area (Å²) in [5.41, 5.74) is 2.01. The molecule has 168 valence electrons. The monoisotopic (exact) mass is 439 g/mol. The third-order valence-electron chi connectivity index (χ3n) is 5.77. The molecule has 0 saturated heterocycles. The Labute approximate surface area is 186 Å². The summed E-state index contributed by atoms with van der Waals surface area (Å²) in [6.07, 6.45) is 3.35. The van der Waals surface area contributed by atoms with Gasteiger partial charge in [0.2, 0.25) is 0 Å². The van der Waals surface area contributed by atoms with Crippen molar-refractivity contribution in [2.45, 2.75) is 37.8 Å². The topological polar surface area (TPSA) is 69.3 Å². The summed E-state index contributed by atoms with van der Waals surface area (Å²) in [6.45, 7) is 0. The van der Waals surface area contributed by atoms with Gasteiger partial charge in [0, 0.05) is 49.4 Å². The smallest absolute Gasteiger partial charge is 0.319 e. The molecule has 32 heavy (non-hydrogen) atoms. The van der Waals surface area contributed by atoms with Gasteiger partial charge in [0.05, 0.1) is 11.2 Å². The van der Waals surface area contributed by atoms with Crippen LogP contribution in [0.15, 0.2) is 48.5 Å². The molecular weight excluding hydrogens is 412 g/mol. The SMILES string of the molecule is CN(C)c1cc(NC2CCC(NC(=O)Nc3ccc(F)cc3F)CC2)nc2ccccc12. The van der Waals surface area contributed by atoms with Crippen molar-refractivity contribution in [3.05, 3.63) is 60.2 Å². The van der Waals surface area contributed by atoms with Gasteiger partial charge in [-0.15, -0.1) is 0 Å². The number of fused-ring (bicyclic) bond motifs is 1. The number of carbonyl (C=O) groups excluding carboxylic acids is 1. The number of amides is 2. The molecule has 0 spiro atoms. The van der Waals surface area contributed by atoms with E-state index in [2.05, 4.69) is 33.0 Å². The maximum absolute atomic E-state index is 13.7. The third kappa shape index (κ3) is 5.07. The summed E-state index contributed by atoms with van der Waals surface area (Å²) < 4.78 is 26.7. The van der Waals surface area contributed by atoms with Crippen LogP contribution < -0.4 is 20.9 Å². The average Bonchev–Trinajstić information content (AvgIpc) is 2.76. The Balaban J connectivity index is 1.32. The van der Waals surface area contributed by atoms with Crippen LogP contribution >= 0.6 is 0 Å². The molecule has 1 heterocycles. The first kappa shape index (κ1) is 21.8. The maximum Gasteiger partial charge on any atom is 0.319 e. The van der Waals surface area contributed by atoms with E-state index in [4.69, 9.17) is 4.98 Å². The Bertz CT molecular complexity index is 1110. The highest BCUT2D eigenvalue weighted by molar-refractivity contribution is 5.93. The fraction of sp³-hybridized carbons (Fsp3) is 0.333. The molecule has 0 radical (unpaired) electrons. The van der Waals surface area contributed by atoms with Gasteiger partial charge in [-0.05, 0) is 43.9 Å². The van der Waals surface area contributed by atoms with Crippen molar-refractivity contribution in [3.63, 3.8) is 0 Å². The molecule has 6 nitrogen and oxygen atoms in total. The number of nitrogens with one attached hydrogen (secondary N) is 3. The van der Waals surface area contributed by atoms with Crippen molar-refractivity contribution < 1.29 is 13.6 Å². The van der Waals surface area contributed by atoms with Gasteiger partial charge in [0.1, 0.15) is 17.5 Å². The number of anilines is 3. The lowest BCUT2D eigenvalue weighted by Gasteiger charge is -2.30. The molecule has 2 aromatic carbocycles. The van der Waals surface area contributed by atoms with Gasteiger partial charge in [-0.1, -0.05) is 18.2 Å². The number of benzene rings is 2. The van der Waals surface area contributed by atoms with Crippen molar-refractivity contribution in [2.75, 3.05) is 29.6 Å². The number of carbonyl (C=O) groups is 1. The number of halogens is 2. The van der Waals surface area contributed by atoms with E-state index in [1.807, 2.05) is 32.3 Å². The fourth-order valence-electron chi connectivity index (χ4n) is 4.13. The maximum atomic E-state index is 13.7. The minimum atomic E-state index is -0.798. The van der Waals surface area contributed by atoms with Crippen LogP contribution in [0.25, 0.3) is 10.9 Å². The van der Waals surface area contributed by atoms with E-state index in [0.29, 0.717) is 0 Å². The normalized spacial score (nSPS) is 18.2. The largest absolute Gasteiger partial charge is 0.377 e. The van der Waals surface area contributed by atoms with Crippen LogP contribution in [-0.4, -0.2) is 37.2 Å². The lowest BCUT2D eigenvalue weighted by molar-refractivity contribution is 0.243. The Hall–Kier alpha value is -3.42. The van der Waals surface area contributed by atoms with Gasteiger partial charge in [-0.2, -0.15) is 0 Å². The van der Waals surface area contributed by atoms with Gasteiger partial charge in [0.15, 0.2) is 0 Å². The Morgan fingerprint density at radius 2 is 1.72 bits per heavy atom. The highest BCUT2D eigenvalue weighted by atomic mass is 19.1. The van der Waals surface area contributed by atoms with E-state index in [1.54, 1.807) is 0 Å². The molecule has 1 aromatic heterocycles. The molecule has 0 unspecified atom stereocenters. The average molecular weight is 440 g/mol. The summed E-state index contributed by atoms with van der Waals surface area (Å²) in [7, 11) is 4.04. The minimum absolute atomic E-state index is 0.00143. The molecule has 3 N–H and O–H groups in total. The number of pyridine rings is 1. The number of hydrogen-bond donors (Lipinski definition) is 3. The van der Waals surface area contributed by atoms with E-state index >= 15 is 0 Å². The molecule has 0 aliphatic heterocycles. The molecule has 0 atom stereocenters. The summed E-state index contributed by atoms with van der Waals surface area (Å²) in [4.78, 5) is 19.0. The van der Waals surface area contributed by atoms with Crippen molar-refractivity contribution in [1.82, 2.24) is 10.3 Å². The summed E-state index contributed by atoms with van der Waals surface area (Å²) in [6, 6.07) is 13.0. The number of nitrogens with zero attached hydrogens (tertiary/aromatic N) is 2. The molecule has 0 bridgehead atoms. The van der Waals surface area contributed by atoms with Crippen LogP contribution in [0.5, 0.6) is 0 Å². The predicted molar refractivity (Wildman–Crippen MR) is 124 cm³/mol. The Morgan fingerprint density at radius 1 is 1.00 bits per heavy atom. The number of hydrogen-bond acceptors (Lipinski definition) is 4. The molecule has 1 aliphatic carbocycles. The second-order valence-electron chi connectivity index (χ2n) is 8.35. The van der Waals surface area contributed by atoms with Crippen LogP contribution in [0.3, 0.4) is 0 Å². The van der Waals surface area contributed by atoms with Crippen molar-refractivity contribution in [3.8, 4) is 0 Å². The molecule has 4 rings (SSSR count). The first-order valence-corrected chi connectivity index (χ1v) is 10.8. The van der Waals surface area contributed by atoms with Crippen LogP contribution in [0, 0.1) is 11.6 Å². The van der Waals surface area contributed by atoms with Crippen LogP contribution in [-0.2, 0) is 0 Å². The molecule has 3 aromatic rings. The van der Waals surface area contributed by atoms with Crippen molar-refractivity contribution in [1.29, 1.82) is 0 Å². The predicted octanol–water partition coefficient (Wildman–Crippen LogP) is 5.12. The highest BCUT2D eigenvalue weighted by Crippen LogP contribution is 2.29. The highest BCUT2D eigenvalue weighted by Gasteiger charge is 2.23. The zero-order valence-corrected chi connectivity index (χ0v) is 18.2. The molecule has 1 fully saturated rings. The standard InChI is InChI=1S/C24H27F2N5O/c1-31(2)22-14-23(29-20-6-4-3-5-18(20)22)27-16-8-10-17(11-9-16)28-24(32)30-21-12-7-15(25)13-19(21)26/h3-7,12-14,16-17H,8-11H2,1-2H3,(H,27,29)(H2,28,30,32). The summed E-state index contributed by atoms with van der Waals surface area (Å²) >= 11 is 0. The Morgan fingerprint density at radius 3 is 2.44 bits per heavy atom. The molecule has 8 heteroatoms. The molecule has 1 aliphatic rings. The third-order valence-corrected chi connectivity index (χ3v) is 5.77. The lowest BCUT2D eigenvalue weighted by atomic mass is 9.91. The zero-order valence-electron chi connectivity index (χ0n) is 18.2. The fourth-order valence-corrected chi connectivity index (χ4v) is 4.13. The van der Waals surface area contributed by atoms with E-state index in [0.717, 1.165) is 60.2 Å². The quantitative estimate of drug-likeness (QED) is 0.516. The number of para-hydroxylation sites is 1. The van der Waals surface area contributed by atoms with Gasteiger partial charge < -0.3 is 20.9 Å². The molecule has 2 amide bonds.